The summed E-state index contributed by atoms with van der Waals surface area (Å²) in [5, 5.41) is 0. The van der Waals surface area contributed by atoms with Gasteiger partial charge in [0.15, 0.2) is 0 Å². The van der Waals surface area contributed by atoms with E-state index in [1.807, 2.05) is 43.4 Å². The van der Waals surface area contributed by atoms with Crippen LogP contribution in [0.1, 0.15) is 5.56 Å². The molecule has 0 radical (unpaired) electrons. The molecule has 0 amide bonds. The predicted molar refractivity (Wildman–Crippen MR) is 73.8 cm³/mol. The van der Waals surface area contributed by atoms with E-state index in [0.717, 1.165) is 23.5 Å². The van der Waals surface area contributed by atoms with Gasteiger partial charge in [-0.2, -0.15) is 0 Å². The molecule has 18 heavy (non-hydrogen) atoms. The van der Waals surface area contributed by atoms with Crippen molar-refractivity contribution in [1.29, 1.82) is 0 Å². The van der Waals surface area contributed by atoms with Crippen molar-refractivity contribution in [3.8, 4) is 5.75 Å². The maximum atomic E-state index is 5.56. The van der Waals surface area contributed by atoms with E-state index >= 15 is 0 Å². The summed E-state index contributed by atoms with van der Waals surface area (Å²) in [6.07, 6.45) is 1.80. The van der Waals surface area contributed by atoms with Crippen LogP contribution >= 0.6 is 0 Å². The number of pyridine rings is 1. The van der Waals surface area contributed by atoms with Crippen LogP contribution in [-0.2, 0) is 6.54 Å². The first kappa shape index (κ1) is 12.2. The molecule has 0 unspecified atom stereocenters. The number of rotatable bonds is 4. The van der Waals surface area contributed by atoms with Crippen molar-refractivity contribution < 1.29 is 4.74 Å². The Labute approximate surface area is 107 Å². The van der Waals surface area contributed by atoms with E-state index in [1.165, 1.54) is 0 Å². The molecule has 0 atom stereocenters. The summed E-state index contributed by atoms with van der Waals surface area (Å²) >= 11 is 0. The minimum absolute atomic E-state index is 0.547. The molecule has 2 rings (SSSR count). The van der Waals surface area contributed by atoms with Crippen molar-refractivity contribution in [2.45, 2.75) is 6.54 Å². The van der Waals surface area contributed by atoms with Gasteiger partial charge in [-0.05, 0) is 35.9 Å². The van der Waals surface area contributed by atoms with Crippen LogP contribution < -0.4 is 15.4 Å². The summed E-state index contributed by atoms with van der Waals surface area (Å²) in [5.41, 5.74) is 7.82. The third kappa shape index (κ3) is 2.91. The molecule has 1 aromatic heterocycles. The van der Waals surface area contributed by atoms with Crippen LogP contribution in [-0.4, -0.2) is 19.1 Å². The average molecular weight is 243 g/mol. The van der Waals surface area contributed by atoms with Gasteiger partial charge in [0.25, 0.3) is 0 Å². The van der Waals surface area contributed by atoms with Gasteiger partial charge in [0, 0.05) is 25.5 Å². The standard InChI is InChI=1S/C14H17N3O/c1-17(10-11-3-8-14(15)16-9-11)12-4-6-13(18-2)7-5-12/h3-9H,10H2,1-2H3,(H2,15,16). The van der Waals surface area contributed by atoms with Crippen molar-refractivity contribution >= 4 is 11.5 Å². The van der Waals surface area contributed by atoms with E-state index in [0.29, 0.717) is 5.82 Å². The number of nitrogens with two attached hydrogens (primary N) is 1. The van der Waals surface area contributed by atoms with Gasteiger partial charge in [-0.25, -0.2) is 4.98 Å². The number of aromatic nitrogens is 1. The van der Waals surface area contributed by atoms with Gasteiger partial charge < -0.3 is 15.4 Å². The number of benzene rings is 1. The Balaban J connectivity index is 2.06. The number of ether oxygens (including phenoxy) is 1. The molecule has 4 nitrogen and oxygen atoms in total. The first-order valence-corrected chi connectivity index (χ1v) is 5.74. The zero-order valence-electron chi connectivity index (χ0n) is 10.6. The number of methoxy groups -OCH3 is 1. The Morgan fingerprint density at radius 2 is 1.89 bits per heavy atom. The van der Waals surface area contributed by atoms with Gasteiger partial charge in [-0.1, -0.05) is 6.07 Å². The molecule has 1 heterocycles. The molecular formula is C14H17N3O. The van der Waals surface area contributed by atoms with E-state index in [4.69, 9.17) is 10.5 Å². The minimum atomic E-state index is 0.547. The van der Waals surface area contributed by atoms with Crippen LogP contribution in [0, 0.1) is 0 Å². The first-order chi connectivity index (χ1) is 8.69. The Bertz CT molecular complexity index is 493. The van der Waals surface area contributed by atoms with E-state index in [1.54, 1.807) is 13.3 Å². The maximum absolute atomic E-state index is 5.56. The molecule has 0 saturated heterocycles. The van der Waals surface area contributed by atoms with Crippen molar-refractivity contribution in [1.82, 2.24) is 4.98 Å². The van der Waals surface area contributed by atoms with Gasteiger partial charge in [-0.3, -0.25) is 0 Å². The molecule has 0 aliphatic carbocycles. The van der Waals surface area contributed by atoms with Crippen LogP contribution in [0.2, 0.25) is 0 Å². The van der Waals surface area contributed by atoms with Crippen molar-refractivity contribution in [3.05, 3.63) is 48.2 Å². The Morgan fingerprint density at radius 1 is 1.17 bits per heavy atom. The number of nitrogen functional groups attached to an aromatic ring is 1. The van der Waals surface area contributed by atoms with Gasteiger partial charge in [0.05, 0.1) is 7.11 Å². The van der Waals surface area contributed by atoms with Gasteiger partial charge in [0.1, 0.15) is 11.6 Å². The van der Waals surface area contributed by atoms with Crippen molar-refractivity contribution in [3.63, 3.8) is 0 Å². The largest absolute Gasteiger partial charge is 0.497 e. The molecule has 0 saturated carbocycles. The zero-order valence-corrected chi connectivity index (χ0v) is 10.6. The third-order valence-electron chi connectivity index (χ3n) is 2.78. The first-order valence-electron chi connectivity index (χ1n) is 5.74. The predicted octanol–water partition coefficient (Wildman–Crippen LogP) is 2.31. The molecule has 1 aromatic carbocycles. The second kappa shape index (κ2) is 5.40. The Morgan fingerprint density at radius 3 is 2.44 bits per heavy atom. The lowest BCUT2D eigenvalue weighted by Crippen LogP contribution is -2.16. The van der Waals surface area contributed by atoms with E-state index in [2.05, 4.69) is 9.88 Å². The highest BCUT2D eigenvalue weighted by atomic mass is 16.5. The molecule has 2 aromatic rings. The highest BCUT2D eigenvalue weighted by molar-refractivity contribution is 5.49. The molecule has 94 valence electrons. The van der Waals surface area contributed by atoms with Crippen LogP contribution in [0.3, 0.4) is 0 Å². The summed E-state index contributed by atoms with van der Waals surface area (Å²) in [6.45, 7) is 0.791. The fraction of sp³-hybridized carbons (Fsp3) is 0.214. The highest BCUT2D eigenvalue weighted by Crippen LogP contribution is 2.19. The molecule has 0 fully saturated rings. The van der Waals surface area contributed by atoms with Gasteiger partial charge in [0.2, 0.25) is 0 Å². The fourth-order valence-corrected chi connectivity index (χ4v) is 1.73. The molecular weight excluding hydrogens is 226 g/mol. The van der Waals surface area contributed by atoms with Crippen molar-refractivity contribution in [2.24, 2.45) is 0 Å². The van der Waals surface area contributed by atoms with Gasteiger partial charge in [-0.15, -0.1) is 0 Å². The number of hydrogen-bond acceptors (Lipinski definition) is 4. The topological polar surface area (TPSA) is 51.4 Å². The summed E-state index contributed by atoms with van der Waals surface area (Å²) in [6, 6.07) is 11.8. The van der Waals surface area contributed by atoms with Crippen LogP contribution in [0.4, 0.5) is 11.5 Å². The lowest BCUT2D eigenvalue weighted by atomic mass is 10.2. The Kier molecular flexibility index (Phi) is 3.67. The second-order valence-electron chi connectivity index (χ2n) is 4.15. The lowest BCUT2D eigenvalue weighted by molar-refractivity contribution is 0.415. The molecule has 0 spiro atoms. The second-order valence-corrected chi connectivity index (χ2v) is 4.15. The summed E-state index contributed by atoms with van der Waals surface area (Å²) in [7, 11) is 3.71. The maximum Gasteiger partial charge on any atom is 0.123 e. The lowest BCUT2D eigenvalue weighted by Gasteiger charge is -2.19. The summed E-state index contributed by atoms with van der Waals surface area (Å²) < 4.78 is 5.14. The molecule has 0 bridgehead atoms. The molecule has 2 N–H and O–H groups in total. The zero-order chi connectivity index (χ0) is 13.0. The summed E-state index contributed by atoms with van der Waals surface area (Å²) in [5.74, 6) is 1.41. The van der Waals surface area contributed by atoms with Crippen LogP contribution in [0.15, 0.2) is 42.6 Å². The fourth-order valence-electron chi connectivity index (χ4n) is 1.73. The van der Waals surface area contributed by atoms with Gasteiger partial charge >= 0.3 is 0 Å². The quantitative estimate of drug-likeness (QED) is 0.895. The van der Waals surface area contributed by atoms with Crippen molar-refractivity contribution in [2.75, 3.05) is 24.8 Å². The Hall–Kier alpha value is -2.23. The SMILES string of the molecule is COc1ccc(N(C)Cc2ccc(N)nc2)cc1. The minimum Gasteiger partial charge on any atom is -0.497 e. The number of hydrogen-bond donors (Lipinski definition) is 1. The van der Waals surface area contributed by atoms with E-state index < -0.39 is 0 Å². The normalized spacial score (nSPS) is 10.1. The smallest absolute Gasteiger partial charge is 0.123 e. The van der Waals surface area contributed by atoms with Crippen LogP contribution in [0.5, 0.6) is 5.75 Å². The average Bonchev–Trinajstić information content (AvgIpc) is 2.41. The monoisotopic (exact) mass is 243 g/mol. The number of anilines is 2. The molecule has 0 aliphatic rings. The number of nitrogens with zero attached hydrogens (tertiary/aromatic N) is 2. The molecule has 4 heteroatoms. The summed E-state index contributed by atoms with van der Waals surface area (Å²) in [4.78, 5) is 6.23. The van der Waals surface area contributed by atoms with Crippen LogP contribution in [0.25, 0.3) is 0 Å². The molecule has 0 aliphatic heterocycles. The highest BCUT2D eigenvalue weighted by Gasteiger charge is 2.02. The third-order valence-corrected chi connectivity index (χ3v) is 2.78. The van der Waals surface area contributed by atoms with E-state index in [-0.39, 0.29) is 0 Å². The van der Waals surface area contributed by atoms with E-state index in [9.17, 15) is 0 Å².